The van der Waals surface area contributed by atoms with E-state index in [1.807, 2.05) is 0 Å². The Balaban J connectivity index is 2.14. The smallest absolute Gasteiger partial charge is 0.391 e. The van der Waals surface area contributed by atoms with E-state index < -0.39 is 42.8 Å². The quantitative estimate of drug-likeness (QED) is 0.356. The molecule has 0 amide bonds. The number of esters is 2. The Hall–Kier alpha value is -4.04. The maximum absolute atomic E-state index is 13.4. The third kappa shape index (κ3) is 7.04. The fourth-order valence-corrected chi connectivity index (χ4v) is 3.76. The van der Waals surface area contributed by atoms with Gasteiger partial charge in [0.05, 0.1) is 36.7 Å². The van der Waals surface area contributed by atoms with Crippen molar-refractivity contribution in [3.05, 3.63) is 53.3 Å². The number of hydrogen-bond donors (Lipinski definition) is 2. The molecule has 2 heterocycles. The van der Waals surface area contributed by atoms with E-state index in [0.717, 1.165) is 0 Å². The van der Waals surface area contributed by atoms with Crippen LogP contribution in [0.1, 0.15) is 48.7 Å². The molecule has 2 N–H and O–H groups in total. The number of carbonyl (C=O) groups excluding carboxylic acids is 2. The fourth-order valence-electron chi connectivity index (χ4n) is 3.76. The number of imidazole rings is 1. The maximum Gasteiger partial charge on any atom is 0.391 e. The topological polar surface area (TPSA) is 102 Å². The van der Waals surface area contributed by atoms with Gasteiger partial charge in [0.15, 0.2) is 5.65 Å². The van der Waals surface area contributed by atoms with Crippen molar-refractivity contribution in [1.82, 2.24) is 9.38 Å². The lowest BCUT2D eigenvalue weighted by Gasteiger charge is -2.26. The first-order valence-corrected chi connectivity index (χ1v) is 11.6. The Morgan fingerprint density at radius 1 is 1.21 bits per heavy atom. The van der Waals surface area contributed by atoms with E-state index in [1.165, 1.54) is 19.4 Å². The summed E-state index contributed by atoms with van der Waals surface area (Å²) in [5.41, 5.74) is 1.96. The van der Waals surface area contributed by atoms with Crippen LogP contribution in [-0.2, 0) is 14.3 Å². The molecule has 202 valence electrons. The second-order valence-corrected chi connectivity index (χ2v) is 9.51. The first-order valence-electron chi connectivity index (χ1n) is 11.6. The zero-order valence-corrected chi connectivity index (χ0v) is 21.6. The molecule has 0 bridgehead atoms. The molecule has 8 nitrogen and oxygen atoms in total. The molecule has 3 rings (SSSR count). The number of nitrogens with one attached hydrogen (secondary N) is 1. The largest absolute Gasteiger partial charge is 0.465 e. The number of nitrogens with zero attached hydrogens (tertiary/aromatic N) is 2. The predicted molar refractivity (Wildman–Crippen MR) is 135 cm³/mol. The summed E-state index contributed by atoms with van der Waals surface area (Å²) in [7, 11) is 1.28. The molecule has 11 heteroatoms. The minimum absolute atomic E-state index is 0.115. The van der Waals surface area contributed by atoms with Gasteiger partial charge in [0.1, 0.15) is 18.2 Å². The van der Waals surface area contributed by atoms with Crippen LogP contribution in [0.25, 0.3) is 16.9 Å². The van der Waals surface area contributed by atoms with E-state index >= 15 is 0 Å². The molecule has 1 atom stereocenters. The van der Waals surface area contributed by atoms with Gasteiger partial charge in [-0.25, -0.2) is 14.6 Å². The van der Waals surface area contributed by atoms with E-state index in [1.54, 1.807) is 56.5 Å². The highest BCUT2D eigenvalue weighted by molar-refractivity contribution is 5.92. The standard InChI is InChI=1S/C27H28F3N3O5/c1-16-11-18(8-9-19(16)24(35)37-5)22-14-31-23-20(12-17(7-6-10-34)15-33(22)23)32-21(13-27(28,29)30)25(36)38-26(2,3)4/h8-9,11-12,14-15,21,32,34H,10,13H2,1-5H3. The van der Waals surface area contributed by atoms with Crippen LogP contribution in [0.3, 0.4) is 0 Å². The summed E-state index contributed by atoms with van der Waals surface area (Å²) in [5, 5.41) is 11.8. The number of methoxy groups -OCH3 is 1. The van der Waals surface area contributed by atoms with Gasteiger partial charge < -0.3 is 19.9 Å². The number of alkyl halides is 3. The number of carbonyl (C=O) groups is 2. The molecule has 0 aliphatic carbocycles. The summed E-state index contributed by atoms with van der Waals surface area (Å²) in [6.45, 7) is 6.00. The molecule has 0 saturated carbocycles. The molecular weight excluding hydrogens is 503 g/mol. The molecule has 0 fully saturated rings. The van der Waals surface area contributed by atoms with Gasteiger partial charge in [-0.3, -0.25) is 4.40 Å². The number of hydrogen-bond acceptors (Lipinski definition) is 7. The van der Waals surface area contributed by atoms with Crippen molar-refractivity contribution in [2.75, 3.05) is 19.0 Å². The van der Waals surface area contributed by atoms with Crippen LogP contribution in [0, 0.1) is 18.8 Å². The van der Waals surface area contributed by atoms with Crippen LogP contribution in [0.5, 0.6) is 0 Å². The molecule has 0 saturated heterocycles. The number of fused-ring (bicyclic) bond motifs is 1. The first-order chi connectivity index (χ1) is 17.7. The van der Waals surface area contributed by atoms with Crippen LogP contribution < -0.4 is 5.32 Å². The number of anilines is 1. The fraction of sp³-hybridized carbons (Fsp3) is 0.370. The number of aliphatic hydroxyl groups is 1. The Kier molecular flexibility index (Phi) is 8.37. The first kappa shape index (κ1) is 28.5. The summed E-state index contributed by atoms with van der Waals surface area (Å²) in [5.74, 6) is 3.69. The van der Waals surface area contributed by atoms with Crippen LogP contribution in [0.4, 0.5) is 18.9 Å². The van der Waals surface area contributed by atoms with Crippen LogP contribution in [0.15, 0.2) is 36.7 Å². The summed E-state index contributed by atoms with van der Waals surface area (Å²) in [6.07, 6.45) is -3.00. The maximum atomic E-state index is 13.4. The predicted octanol–water partition coefficient (Wildman–Crippen LogP) is 4.51. The molecule has 38 heavy (non-hydrogen) atoms. The number of halogens is 3. The van der Waals surface area contributed by atoms with Crippen molar-refractivity contribution in [3.63, 3.8) is 0 Å². The molecule has 0 aliphatic rings. The van der Waals surface area contributed by atoms with E-state index in [9.17, 15) is 22.8 Å². The van der Waals surface area contributed by atoms with Crippen molar-refractivity contribution in [2.24, 2.45) is 0 Å². The molecule has 0 spiro atoms. The lowest BCUT2D eigenvalue weighted by atomic mass is 10.0. The van der Waals surface area contributed by atoms with E-state index in [2.05, 4.69) is 22.1 Å². The van der Waals surface area contributed by atoms with Crippen molar-refractivity contribution in [1.29, 1.82) is 0 Å². The number of ether oxygens (including phenoxy) is 2. The van der Waals surface area contributed by atoms with Gasteiger partial charge in [0.2, 0.25) is 0 Å². The van der Waals surface area contributed by atoms with Gasteiger partial charge in [0, 0.05) is 17.3 Å². The molecule has 0 aliphatic heterocycles. The summed E-state index contributed by atoms with van der Waals surface area (Å²) >= 11 is 0. The van der Waals surface area contributed by atoms with Gasteiger partial charge in [0.25, 0.3) is 0 Å². The van der Waals surface area contributed by atoms with Crippen molar-refractivity contribution < 1.29 is 37.3 Å². The molecule has 0 radical (unpaired) electrons. The number of aromatic nitrogens is 2. The van der Waals surface area contributed by atoms with Crippen LogP contribution in [-0.4, -0.2) is 58.0 Å². The number of rotatable bonds is 6. The third-order valence-electron chi connectivity index (χ3n) is 5.30. The van der Waals surface area contributed by atoms with Crippen molar-refractivity contribution >= 4 is 23.3 Å². The number of benzene rings is 1. The second kappa shape index (κ2) is 11.1. The number of aryl methyl sites for hydroxylation is 1. The van der Waals surface area contributed by atoms with E-state index in [-0.39, 0.29) is 11.3 Å². The van der Waals surface area contributed by atoms with Crippen LogP contribution in [0.2, 0.25) is 0 Å². The minimum atomic E-state index is -4.65. The SMILES string of the molecule is COC(=O)c1ccc(-c2cnc3c(NC(CC(F)(F)F)C(=O)OC(C)(C)C)cc(C#CCO)cn23)cc1C. The second-order valence-electron chi connectivity index (χ2n) is 9.51. The van der Waals surface area contributed by atoms with E-state index in [4.69, 9.17) is 14.6 Å². The number of aliphatic hydroxyl groups excluding tert-OH is 1. The molecular formula is C27H28F3N3O5. The highest BCUT2D eigenvalue weighted by atomic mass is 19.4. The minimum Gasteiger partial charge on any atom is -0.465 e. The summed E-state index contributed by atoms with van der Waals surface area (Å²) < 4.78 is 51.8. The summed E-state index contributed by atoms with van der Waals surface area (Å²) in [4.78, 5) is 29.1. The Labute approximate surface area is 217 Å². The van der Waals surface area contributed by atoms with Gasteiger partial charge in [-0.15, -0.1) is 0 Å². The van der Waals surface area contributed by atoms with Gasteiger partial charge in [-0.05, 0) is 51.5 Å². The normalized spacial score (nSPS) is 12.4. The molecule has 1 unspecified atom stereocenters. The highest BCUT2D eigenvalue weighted by Crippen LogP contribution is 2.30. The zero-order valence-electron chi connectivity index (χ0n) is 21.6. The molecule has 3 aromatic rings. The average molecular weight is 532 g/mol. The monoisotopic (exact) mass is 531 g/mol. The Bertz CT molecular complexity index is 1410. The van der Waals surface area contributed by atoms with E-state index in [0.29, 0.717) is 27.9 Å². The number of pyridine rings is 1. The lowest BCUT2D eigenvalue weighted by molar-refractivity contribution is -0.167. The van der Waals surface area contributed by atoms with Crippen molar-refractivity contribution in [3.8, 4) is 23.1 Å². The van der Waals surface area contributed by atoms with Gasteiger partial charge >= 0.3 is 18.1 Å². The Morgan fingerprint density at radius 2 is 1.92 bits per heavy atom. The molecule has 2 aromatic heterocycles. The van der Waals surface area contributed by atoms with Gasteiger partial charge in [-0.2, -0.15) is 13.2 Å². The average Bonchev–Trinajstić information content (AvgIpc) is 3.24. The molecule has 1 aromatic carbocycles. The zero-order chi connectivity index (χ0) is 28.3. The lowest BCUT2D eigenvalue weighted by Crippen LogP contribution is -2.39. The summed E-state index contributed by atoms with van der Waals surface area (Å²) in [6, 6.07) is 4.75. The third-order valence-corrected chi connectivity index (χ3v) is 5.30. The van der Waals surface area contributed by atoms with Crippen LogP contribution >= 0.6 is 0 Å². The Morgan fingerprint density at radius 3 is 2.50 bits per heavy atom. The van der Waals surface area contributed by atoms with Gasteiger partial charge in [-0.1, -0.05) is 17.9 Å². The highest BCUT2D eigenvalue weighted by Gasteiger charge is 2.38. The van der Waals surface area contributed by atoms with Crippen molar-refractivity contribution in [2.45, 2.75) is 51.9 Å².